The van der Waals surface area contributed by atoms with E-state index in [1.807, 2.05) is 28.6 Å². The Balaban J connectivity index is 1.56. The molecule has 2 aliphatic rings. The number of piperidine rings is 1. The van der Waals surface area contributed by atoms with Gasteiger partial charge in [0.05, 0.1) is 18.3 Å². The first-order chi connectivity index (χ1) is 12.1. The molecule has 2 aromatic rings. The third-order valence-corrected chi connectivity index (χ3v) is 4.99. The minimum atomic E-state index is 0.0598. The summed E-state index contributed by atoms with van der Waals surface area (Å²) >= 11 is 0. The van der Waals surface area contributed by atoms with Crippen LogP contribution >= 0.6 is 0 Å². The van der Waals surface area contributed by atoms with Crippen molar-refractivity contribution in [3.63, 3.8) is 0 Å². The molecule has 0 saturated carbocycles. The summed E-state index contributed by atoms with van der Waals surface area (Å²) in [6, 6.07) is 7.68. The van der Waals surface area contributed by atoms with Gasteiger partial charge in [-0.05, 0) is 57.4 Å². The number of nitrogens with zero attached hydrogens (tertiary/aromatic N) is 3. The average Bonchev–Trinajstić information content (AvgIpc) is 3.20. The molecule has 1 aromatic heterocycles. The topological polar surface area (TPSA) is 56.6 Å². The Morgan fingerprint density at radius 3 is 2.84 bits per heavy atom. The number of rotatable bonds is 3. The maximum absolute atomic E-state index is 13.1. The number of hydrogen-bond donors (Lipinski definition) is 0. The van der Waals surface area contributed by atoms with Gasteiger partial charge in [0.15, 0.2) is 11.5 Å². The van der Waals surface area contributed by atoms with Gasteiger partial charge in [0.1, 0.15) is 0 Å². The first kappa shape index (κ1) is 16.0. The number of carbonyl (C=O) groups excluding carboxylic acids is 1. The third-order valence-electron chi connectivity index (χ3n) is 4.99. The van der Waals surface area contributed by atoms with E-state index in [2.05, 4.69) is 18.1 Å². The molecule has 25 heavy (non-hydrogen) atoms. The van der Waals surface area contributed by atoms with Crippen LogP contribution in [0.3, 0.4) is 0 Å². The predicted molar refractivity (Wildman–Crippen MR) is 92.9 cm³/mol. The molecule has 0 bridgehead atoms. The highest BCUT2D eigenvalue weighted by Crippen LogP contribution is 2.33. The Labute approximate surface area is 147 Å². The third kappa shape index (κ3) is 3.08. The number of likely N-dealkylation sites (tertiary alicyclic amines) is 1. The maximum Gasteiger partial charge on any atom is 0.254 e. The van der Waals surface area contributed by atoms with E-state index in [9.17, 15) is 4.79 Å². The van der Waals surface area contributed by atoms with Crippen molar-refractivity contribution in [2.45, 2.75) is 45.7 Å². The van der Waals surface area contributed by atoms with Crippen LogP contribution in [0.1, 0.15) is 41.0 Å². The van der Waals surface area contributed by atoms with E-state index in [0.717, 1.165) is 43.7 Å². The van der Waals surface area contributed by atoms with E-state index in [1.165, 1.54) is 0 Å². The van der Waals surface area contributed by atoms with Gasteiger partial charge in [-0.15, -0.1) is 0 Å². The highest BCUT2D eigenvalue weighted by Gasteiger charge is 2.29. The number of hydrogen-bond acceptors (Lipinski definition) is 4. The van der Waals surface area contributed by atoms with Crippen molar-refractivity contribution in [2.24, 2.45) is 0 Å². The van der Waals surface area contributed by atoms with Crippen LogP contribution in [-0.4, -0.2) is 40.0 Å². The monoisotopic (exact) mass is 341 g/mol. The number of fused-ring (bicyclic) bond motifs is 1. The number of benzene rings is 1. The Kier molecular flexibility index (Phi) is 4.11. The highest BCUT2D eigenvalue weighted by molar-refractivity contribution is 5.95. The molecule has 1 amide bonds. The summed E-state index contributed by atoms with van der Waals surface area (Å²) in [7, 11) is 0. The van der Waals surface area contributed by atoms with Crippen LogP contribution in [0.4, 0.5) is 0 Å². The Morgan fingerprint density at radius 2 is 2.04 bits per heavy atom. The zero-order valence-corrected chi connectivity index (χ0v) is 14.7. The molecule has 0 spiro atoms. The Morgan fingerprint density at radius 1 is 1.20 bits per heavy atom. The molecule has 1 saturated heterocycles. The van der Waals surface area contributed by atoms with E-state index in [1.54, 1.807) is 6.07 Å². The molecule has 1 atom stereocenters. The van der Waals surface area contributed by atoms with Crippen molar-refractivity contribution in [3.8, 4) is 11.5 Å². The second kappa shape index (κ2) is 6.43. The maximum atomic E-state index is 13.1. The van der Waals surface area contributed by atoms with Crippen LogP contribution in [0, 0.1) is 13.8 Å². The Hall–Kier alpha value is -2.50. The lowest BCUT2D eigenvalue weighted by Gasteiger charge is -2.36. The molecule has 0 aliphatic carbocycles. The van der Waals surface area contributed by atoms with Crippen LogP contribution in [-0.2, 0) is 6.54 Å². The summed E-state index contributed by atoms with van der Waals surface area (Å²) in [5, 5.41) is 4.56. The van der Waals surface area contributed by atoms with E-state index in [0.29, 0.717) is 17.1 Å². The van der Waals surface area contributed by atoms with Crippen LogP contribution in [0.25, 0.3) is 0 Å². The fraction of sp³-hybridized carbons (Fsp3) is 0.474. The normalized spacial score (nSPS) is 19.3. The lowest BCUT2D eigenvalue weighted by atomic mass is 10.0. The Bertz CT molecular complexity index is 799. The SMILES string of the molecule is Cc1cc(C)n(C[C@H]2CCCCN2C(=O)c2ccc3c(c2)OCO3)n1. The molecule has 4 rings (SSSR count). The smallest absolute Gasteiger partial charge is 0.254 e. The first-order valence-corrected chi connectivity index (χ1v) is 8.83. The summed E-state index contributed by atoms with van der Waals surface area (Å²) in [5.41, 5.74) is 2.81. The fourth-order valence-electron chi connectivity index (χ4n) is 3.71. The summed E-state index contributed by atoms with van der Waals surface area (Å²) in [6.07, 6.45) is 3.20. The zero-order chi connectivity index (χ0) is 17.4. The second-order valence-electron chi connectivity index (χ2n) is 6.83. The fourth-order valence-corrected chi connectivity index (χ4v) is 3.71. The number of ether oxygens (including phenoxy) is 2. The van der Waals surface area contributed by atoms with Gasteiger partial charge in [-0.2, -0.15) is 5.10 Å². The van der Waals surface area contributed by atoms with Gasteiger partial charge in [0.2, 0.25) is 6.79 Å². The van der Waals surface area contributed by atoms with Crippen LogP contribution in [0.2, 0.25) is 0 Å². The van der Waals surface area contributed by atoms with Crippen molar-refractivity contribution >= 4 is 5.91 Å². The number of aromatic nitrogens is 2. The summed E-state index contributed by atoms with van der Waals surface area (Å²) in [6.45, 7) is 5.82. The highest BCUT2D eigenvalue weighted by atomic mass is 16.7. The van der Waals surface area contributed by atoms with Gasteiger partial charge in [-0.3, -0.25) is 9.48 Å². The average molecular weight is 341 g/mol. The van der Waals surface area contributed by atoms with Gasteiger partial charge >= 0.3 is 0 Å². The van der Waals surface area contributed by atoms with Crippen molar-refractivity contribution in [2.75, 3.05) is 13.3 Å². The lowest BCUT2D eigenvalue weighted by Crippen LogP contribution is -2.46. The van der Waals surface area contributed by atoms with Gasteiger partial charge < -0.3 is 14.4 Å². The van der Waals surface area contributed by atoms with Crippen molar-refractivity contribution in [1.29, 1.82) is 0 Å². The molecule has 1 aromatic carbocycles. The molecule has 0 radical (unpaired) electrons. The minimum absolute atomic E-state index is 0.0598. The number of carbonyl (C=O) groups is 1. The molecule has 132 valence electrons. The summed E-state index contributed by atoms with van der Waals surface area (Å²) in [4.78, 5) is 15.1. The summed E-state index contributed by atoms with van der Waals surface area (Å²) < 4.78 is 12.8. The van der Waals surface area contributed by atoms with E-state index >= 15 is 0 Å². The van der Waals surface area contributed by atoms with E-state index < -0.39 is 0 Å². The number of amides is 1. The summed E-state index contributed by atoms with van der Waals surface area (Å²) in [5.74, 6) is 1.41. The molecule has 0 N–H and O–H groups in total. The van der Waals surface area contributed by atoms with E-state index in [-0.39, 0.29) is 18.7 Å². The van der Waals surface area contributed by atoms with Crippen LogP contribution in [0.15, 0.2) is 24.3 Å². The second-order valence-corrected chi connectivity index (χ2v) is 6.83. The van der Waals surface area contributed by atoms with Gasteiger partial charge in [-0.1, -0.05) is 0 Å². The molecular weight excluding hydrogens is 318 g/mol. The van der Waals surface area contributed by atoms with Gasteiger partial charge in [0, 0.05) is 17.8 Å². The van der Waals surface area contributed by atoms with Crippen LogP contribution in [0.5, 0.6) is 11.5 Å². The number of aryl methyl sites for hydroxylation is 2. The molecular formula is C19H23N3O3. The minimum Gasteiger partial charge on any atom is -0.454 e. The predicted octanol–water partition coefficient (Wildman–Crippen LogP) is 2.92. The molecule has 1 fully saturated rings. The van der Waals surface area contributed by atoms with E-state index in [4.69, 9.17) is 9.47 Å². The molecule has 2 aliphatic heterocycles. The van der Waals surface area contributed by atoms with Gasteiger partial charge in [0.25, 0.3) is 5.91 Å². The molecule has 6 nitrogen and oxygen atoms in total. The van der Waals surface area contributed by atoms with Crippen LogP contribution < -0.4 is 9.47 Å². The molecule has 6 heteroatoms. The lowest BCUT2D eigenvalue weighted by molar-refractivity contribution is 0.0582. The standard InChI is InChI=1S/C19H23N3O3/c1-13-9-14(2)22(20-13)11-16-5-3-4-8-21(16)19(23)15-6-7-17-18(10-15)25-12-24-17/h6-7,9-10,16H,3-5,8,11-12H2,1-2H3/t16-/m1/s1. The first-order valence-electron chi connectivity index (χ1n) is 8.83. The van der Waals surface area contributed by atoms with Gasteiger partial charge in [-0.25, -0.2) is 0 Å². The van der Waals surface area contributed by atoms with Crippen molar-refractivity contribution < 1.29 is 14.3 Å². The molecule has 0 unspecified atom stereocenters. The molecule has 3 heterocycles. The zero-order valence-electron chi connectivity index (χ0n) is 14.7. The largest absolute Gasteiger partial charge is 0.454 e. The van der Waals surface area contributed by atoms with Crippen molar-refractivity contribution in [3.05, 3.63) is 41.2 Å². The van der Waals surface area contributed by atoms with Crippen molar-refractivity contribution in [1.82, 2.24) is 14.7 Å². The quantitative estimate of drug-likeness (QED) is 0.861.